The van der Waals surface area contributed by atoms with Crippen molar-refractivity contribution in [1.29, 1.82) is 0 Å². The molecule has 1 atom stereocenters. The Morgan fingerprint density at radius 2 is 2.25 bits per heavy atom. The van der Waals surface area contributed by atoms with Crippen LogP contribution in [-0.4, -0.2) is 40.1 Å². The minimum atomic E-state index is 0.692. The summed E-state index contributed by atoms with van der Waals surface area (Å²) in [5.74, 6) is 0.901. The third-order valence-corrected chi connectivity index (χ3v) is 4.12. The van der Waals surface area contributed by atoms with Gasteiger partial charge in [0, 0.05) is 32.4 Å². The Morgan fingerprint density at radius 1 is 1.44 bits per heavy atom. The van der Waals surface area contributed by atoms with Crippen LogP contribution in [0.15, 0.2) is 12.5 Å². The molecule has 0 amide bonds. The second-order valence-electron chi connectivity index (χ2n) is 5.12. The summed E-state index contributed by atoms with van der Waals surface area (Å²) in [7, 11) is 2.06. The van der Waals surface area contributed by atoms with Crippen molar-refractivity contribution in [1.82, 2.24) is 19.8 Å². The lowest BCUT2D eigenvalue weighted by Gasteiger charge is -2.45. The summed E-state index contributed by atoms with van der Waals surface area (Å²) in [6.45, 7) is 4.82. The maximum atomic E-state index is 4.15. The molecule has 3 fully saturated rings. The third-order valence-electron chi connectivity index (χ3n) is 4.12. The van der Waals surface area contributed by atoms with E-state index in [1.54, 1.807) is 0 Å². The Kier molecular flexibility index (Phi) is 2.69. The lowest BCUT2D eigenvalue weighted by atomic mass is 9.84. The van der Waals surface area contributed by atoms with Gasteiger partial charge in [0.15, 0.2) is 0 Å². The van der Waals surface area contributed by atoms with E-state index in [0.29, 0.717) is 6.04 Å². The highest BCUT2D eigenvalue weighted by molar-refractivity contribution is 4.99. The summed E-state index contributed by atoms with van der Waals surface area (Å²) in [6, 6.07) is 0.692. The van der Waals surface area contributed by atoms with Crippen LogP contribution < -0.4 is 5.32 Å². The van der Waals surface area contributed by atoms with Crippen molar-refractivity contribution in [3.05, 3.63) is 18.2 Å². The van der Waals surface area contributed by atoms with Crippen molar-refractivity contribution in [2.24, 2.45) is 13.0 Å². The fourth-order valence-corrected chi connectivity index (χ4v) is 2.99. The van der Waals surface area contributed by atoms with Gasteiger partial charge in [0.05, 0.1) is 12.0 Å². The first-order chi connectivity index (χ1) is 7.83. The summed E-state index contributed by atoms with van der Waals surface area (Å²) < 4.78 is 2.09. The van der Waals surface area contributed by atoms with E-state index in [0.717, 1.165) is 12.5 Å². The van der Waals surface area contributed by atoms with Crippen LogP contribution in [0.4, 0.5) is 0 Å². The van der Waals surface area contributed by atoms with E-state index >= 15 is 0 Å². The van der Waals surface area contributed by atoms with Crippen LogP contribution in [0.1, 0.15) is 18.5 Å². The van der Waals surface area contributed by atoms with Crippen molar-refractivity contribution in [3.63, 3.8) is 0 Å². The van der Waals surface area contributed by atoms with Gasteiger partial charge in [-0.1, -0.05) is 0 Å². The average molecular weight is 220 g/mol. The van der Waals surface area contributed by atoms with E-state index in [9.17, 15) is 0 Å². The lowest BCUT2D eigenvalue weighted by molar-refractivity contribution is 0.0717. The molecule has 4 heterocycles. The molecule has 0 saturated carbocycles. The SMILES string of the molecule is Cn1cncc1CNC1CN2CCC1CC2. The van der Waals surface area contributed by atoms with Gasteiger partial charge in [-0.3, -0.25) is 0 Å². The second-order valence-corrected chi connectivity index (χ2v) is 5.12. The first-order valence-corrected chi connectivity index (χ1v) is 6.24. The zero-order valence-electron chi connectivity index (χ0n) is 9.89. The molecule has 4 rings (SSSR count). The van der Waals surface area contributed by atoms with Gasteiger partial charge in [-0.2, -0.15) is 0 Å². The summed E-state index contributed by atoms with van der Waals surface area (Å²) in [6.07, 6.45) is 6.58. The smallest absolute Gasteiger partial charge is 0.0945 e. The molecular weight excluding hydrogens is 200 g/mol. The van der Waals surface area contributed by atoms with Crippen molar-refractivity contribution in [2.45, 2.75) is 25.4 Å². The Balaban J connectivity index is 1.58. The van der Waals surface area contributed by atoms with Gasteiger partial charge in [0.25, 0.3) is 0 Å². The Morgan fingerprint density at radius 3 is 2.81 bits per heavy atom. The van der Waals surface area contributed by atoms with Crippen molar-refractivity contribution >= 4 is 0 Å². The molecule has 3 aliphatic rings. The monoisotopic (exact) mass is 220 g/mol. The summed E-state index contributed by atoms with van der Waals surface area (Å²) >= 11 is 0. The van der Waals surface area contributed by atoms with Crippen LogP contribution in [0, 0.1) is 5.92 Å². The Bertz CT molecular complexity index is 352. The number of rotatable bonds is 3. The van der Waals surface area contributed by atoms with Crippen LogP contribution >= 0.6 is 0 Å². The highest BCUT2D eigenvalue weighted by Crippen LogP contribution is 2.27. The molecular formula is C12H20N4. The average Bonchev–Trinajstić information content (AvgIpc) is 2.74. The molecule has 2 bridgehead atoms. The fraction of sp³-hybridized carbons (Fsp3) is 0.750. The van der Waals surface area contributed by atoms with E-state index in [-0.39, 0.29) is 0 Å². The minimum Gasteiger partial charge on any atom is -0.337 e. The van der Waals surface area contributed by atoms with Gasteiger partial charge < -0.3 is 14.8 Å². The van der Waals surface area contributed by atoms with E-state index in [2.05, 4.69) is 26.8 Å². The number of fused-ring (bicyclic) bond motifs is 3. The largest absolute Gasteiger partial charge is 0.337 e. The van der Waals surface area contributed by atoms with Gasteiger partial charge in [-0.05, 0) is 31.8 Å². The molecule has 1 aromatic rings. The molecule has 3 saturated heterocycles. The molecule has 4 heteroatoms. The maximum absolute atomic E-state index is 4.15. The topological polar surface area (TPSA) is 33.1 Å². The number of imidazole rings is 1. The molecule has 88 valence electrons. The molecule has 0 aliphatic carbocycles. The number of aromatic nitrogens is 2. The van der Waals surface area contributed by atoms with Crippen molar-refractivity contribution in [2.75, 3.05) is 19.6 Å². The Labute approximate surface area is 96.7 Å². The van der Waals surface area contributed by atoms with Crippen molar-refractivity contribution < 1.29 is 0 Å². The number of piperidine rings is 3. The highest BCUT2D eigenvalue weighted by Gasteiger charge is 2.33. The molecule has 0 radical (unpaired) electrons. The van der Waals surface area contributed by atoms with Gasteiger partial charge in [0.1, 0.15) is 0 Å². The molecule has 16 heavy (non-hydrogen) atoms. The zero-order valence-corrected chi connectivity index (χ0v) is 9.89. The number of nitrogens with one attached hydrogen (secondary N) is 1. The summed E-state index contributed by atoms with van der Waals surface area (Å²) in [5.41, 5.74) is 1.27. The van der Waals surface area contributed by atoms with Crippen LogP contribution in [0.2, 0.25) is 0 Å². The molecule has 0 spiro atoms. The number of aryl methyl sites for hydroxylation is 1. The number of hydrogen-bond donors (Lipinski definition) is 1. The van der Waals surface area contributed by atoms with Crippen LogP contribution in [0.3, 0.4) is 0 Å². The second kappa shape index (κ2) is 4.18. The van der Waals surface area contributed by atoms with E-state index in [1.165, 1.54) is 38.2 Å². The zero-order chi connectivity index (χ0) is 11.0. The summed E-state index contributed by atoms with van der Waals surface area (Å²) in [5, 5.41) is 3.69. The van der Waals surface area contributed by atoms with Crippen molar-refractivity contribution in [3.8, 4) is 0 Å². The van der Waals surface area contributed by atoms with Gasteiger partial charge in [-0.15, -0.1) is 0 Å². The number of hydrogen-bond acceptors (Lipinski definition) is 3. The van der Waals surface area contributed by atoms with Crippen LogP contribution in [-0.2, 0) is 13.6 Å². The van der Waals surface area contributed by atoms with Crippen LogP contribution in [0.5, 0.6) is 0 Å². The third kappa shape index (κ3) is 1.87. The molecule has 1 aromatic heterocycles. The van der Waals surface area contributed by atoms with Crippen LogP contribution in [0.25, 0.3) is 0 Å². The molecule has 1 N–H and O–H groups in total. The van der Waals surface area contributed by atoms with Gasteiger partial charge in [0.2, 0.25) is 0 Å². The Hall–Kier alpha value is -0.870. The van der Waals surface area contributed by atoms with E-state index < -0.39 is 0 Å². The lowest BCUT2D eigenvalue weighted by Crippen LogP contribution is -2.55. The predicted octanol–water partition coefficient (Wildman–Crippen LogP) is 0.604. The normalized spacial score (nSPS) is 33.2. The standard InChI is InChI=1S/C12H20N4/c1-15-9-13-6-11(15)7-14-12-8-16-4-2-10(12)3-5-16/h6,9-10,12,14H,2-5,7-8H2,1H3. The minimum absolute atomic E-state index is 0.692. The molecule has 0 aromatic carbocycles. The van der Waals surface area contributed by atoms with Gasteiger partial charge >= 0.3 is 0 Å². The number of nitrogens with zero attached hydrogens (tertiary/aromatic N) is 3. The molecule has 1 unspecified atom stereocenters. The maximum Gasteiger partial charge on any atom is 0.0945 e. The first-order valence-electron chi connectivity index (χ1n) is 6.24. The predicted molar refractivity (Wildman–Crippen MR) is 63.0 cm³/mol. The molecule has 4 nitrogen and oxygen atoms in total. The summed E-state index contributed by atoms with van der Waals surface area (Å²) in [4.78, 5) is 6.73. The quantitative estimate of drug-likeness (QED) is 0.810. The van der Waals surface area contributed by atoms with Gasteiger partial charge in [-0.25, -0.2) is 4.98 Å². The van der Waals surface area contributed by atoms with E-state index in [1.807, 2.05) is 12.5 Å². The highest BCUT2D eigenvalue weighted by atomic mass is 15.2. The molecule has 3 aliphatic heterocycles. The first kappa shape index (κ1) is 10.3. The van der Waals surface area contributed by atoms with E-state index in [4.69, 9.17) is 0 Å². The fourth-order valence-electron chi connectivity index (χ4n) is 2.99.